The molecule has 1 aromatic heterocycles. The van der Waals surface area contributed by atoms with Crippen molar-refractivity contribution in [1.29, 1.82) is 0 Å². The van der Waals surface area contributed by atoms with Gasteiger partial charge in [-0.3, -0.25) is 19.5 Å². The number of likely N-dealkylation sites (N-methyl/N-ethyl adjacent to an activating group) is 1. The molecular formula is C57H69F2N7O4Si. The molecule has 0 spiro atoms. The second kappa shape index (κ2) is 19.5. The summed E-state index contributed by atoms with van der Waals surface area (Å²) in [7, 11) is -0.572. The molecule has 4 aromatic carbocycles. The third-order valence-electron chi connectivity index (χ3n) is 15.6. The zero-order chi connectivity index (χ0) is 50.6. The number of likely N-dealkylation sites (tertiary alicyclic amines) is 1. The number of alkyl carbamates (subject to hydrolysis) is 1. The third-order valence-corrected chi connectivity index (χ3v) is 18.3. The van der Waals surface area contributed by atoms with Crippen molar-refractivity contribution >= 4 is 48.3 Å². The number of methoxy groups -OCH3 is 1. The molecule has 9 rings (SSSR count). The van der Waals surface area contributed by atoms with Gasteiger partial charge in [-0.25, -0.2) is 9.78 Å². The number of benzene rings is 4. The molecule has 374 valence electrons. The number of aliphatic imine (C=N–C) groups is 1. The zero-order valence-electron chi connectivity index (χ0n) is 42.7. The zero-order valence-corrected chi connectivity index (χ0v) is 43.7. The number of ether oxygens (including phenoxy) is 1. The van der Waals surface area contributed by atoms with Crippen molar-refractivity contribution < 1.29 is 27.9 Å². The normalized spacial score (nSPS) is 21.0. The molecule has 3 amide bonds. The largest absolute Gasteiger partial charge is 0.453 e. The summed E-state index contributed by atoms with van der Waals surface area (Å²) in [6, 6.07) is 25.6. The molecule has 0 unspecified atom stereocenters. The van der Waals surface area contributed by atoms with E-state index >= 15 is 13.6 Å². The first kappa shape index (κ1) is 50.0. The maximum Gasteiger partial charge on any atom is 0.407 e. The fraction of sp³-hybridized carbons (Fsp3) is 0.456. The molecule has 4 heterocycles. The summed E-state index contributed by atoms with van der Waals surface area (Å²) >= 11 is 0. The van der Waals surface area contributed by atoms with Crippen molar-refractivity contribution in [3.05, 3.63) is 119 Å². The third kappa shape index (κ3) is 9.26. The number of aromatic amines is 1. The number of hydrogen-bond acceptors (Lipinski definition) is 7. The Morgan fingerprint density at radius 2 is 1.49 bits per heavy atom. The number of aromatic nitrogens is 2. The van der Waals surface area contributed by atoms with Gasteiger partial charge in [0.15, 0.2) is 0 Å². The van der Waals surface area contributed by atoms with Gasteiger partial charge in [-0.2, -0.15) is 8.78 Å². The molecule has 5 aromatic rings. The van der Waals surface area contributed by atoms with Crippen LogP contribution in [0.1, 0.15) is 114 Å². The molecule has 0 bridgehead atoms. The van der Waals surface area contributed by atoms with Gasteiger partial charge < -0.3 is 24.8 Å². The predicted molar refractivity (Wildman–Crippen MR) is 281 cm³/mol. The topological polar surface area (TPSA) is 123 Å². The number of H-pyrrole nitrogens is 1. The van der Waals surface area contributed by atoms with E-state index in [2.05, 4.69) is 60.9 Å². The summed E-state index contributed by atoms with van der Waals surface area (Å²) in [5, 5.41) is 2.74. The molecule has 1 aliphatic carbocycles. The minimum atomic E-state index is -3.26. The smallest absolute Gasteiger partial charge is 0.407 e. The van der Waals surface area contributed by atoms with E-state index in [4.69, 9.17) is 14.7 Å². The van der Waals surface area contributed by atoms with Crippen molar-refractivity contribution in [3.63, 3.8) is 0 Å². The highest BCUT2D eigenvalue weighted by atomic mass is 28.3. The second-order valence-corrected chi connectivity index (χ2v) is 26.7. The van der Waals surface area contributed by atoms with E-state index in [1.54, 1.807) is 18.2 Å². The summed E-state index contributed by atoms with van der Waals surface area (Å²) in [6.07, 6.45) is 6.65. The summed E-state index contributed by atoms with van der Waals surface area (Å²) in [5.41, 5.74) is 6.63. The summed E-state index contributed by atoms with van der Waals surface area (Å²) in [5.74, 6) is -2.85. The Balaban J connectivity index is 0.968. The Hall–Kier alpha value is -5.99. The van der Waals surface area contributed by atoms with Crippen LogP contribution >= 0.6 is 0 Å². The summed E-state index contributed by atoms with van der Waals surface area (Å²) < 4.78 is 38.9. The molecule has 14 heteroatoms. The number of nitrogens with zero attached hydrogens (tertiary/aromatic N) is 5. The SMILES string of the molecule is CCN(CC)[C@@H](C(=O)N1CCCCCC[C@H]1C1=NC=C(c2ccc3c(c2)C(F)(F)c2cc(-c4ccc5nc([C@@H]6C[Si](C)(C)CN6C(=O)[C@@H](NC(=O)OC)C(C)C)[nH]c5c4)ccc2-3)C1(C)C)c1ccccc1. The first-order valence-electron chi connectivity index (χ1n) is 25.6. The van der Waals surface area contributed by atoms with Crippen molar-refractivity contribution in [1.82, 2.24) is 30.0 Å². The van der Waals surface area contributed by atoms with Gasteiger partial charge in [-0.05, 0) is 101 Å². The summed E-state index contributed by atoms with van der Waals surface area (Å²) in [6.45, 7) is 18.8. The Bertz CT molecular complexity index is 2910. The van der Waals surface area contributed by atoms with Gasteiger partial charge in [-0.1, -0.05) is 135 Å². The van der Waals surface area contributed by atoms with Gasteiger partial charge in [0.05, 0.1) is 44.0 Å². The minimum Gasteiger partial charge on any atom is -0.453 e. The van der Waals surface area contributed by atoms with E-state index in [-0.39, 0.29) is 40.9 Å². The van der Waals surface area contributed by atoms with Gasteiger partial charge >= 0.3 is 6.09 Å². The Morgan fingerprint density at radius 3 is 2.17 bits per heavy atom. The maximum absolute atomic E-state index is 17.0. The van der Waals surface area contributed by atoms with Crippen LogP contribution < -0.4 is 5.32 Å². The van der Waals surface area contributed by atoms with E-state index in [0.717, 1.165) is 79.2 Å². The number of fused-ring (bicyclic) bond motifs is 4. The molecule has 2 fully saturated rings. The quantitative estimate of drug-likeness (QED) is 0.120. The van der Waals surface area contributed by atoms with Crippen LogP contribution in [-0.4, -0.2) is 101 Å². The highest BCUT2D eigenvalue weighted by Crippen LogP contribution is 2.54. The van der Waals surface area contributed by atoms with E-state index in [9.17, 15) is 9.59 Å². The molecule has 71 heavy (non-hydrogen) atoms. The molecule has 2 saturated heterocycles. The maximum atomic E-state index is 17.0. The second-order valence-electron chi connectivity index (χ2n) is 21.6. The highest BCUT2D eigenvalue weighted by Gasteiger charge is 2.48. The molecule has 4 atom stereocenters. The fourth-order valence-corrected chi connectivity index (χ4v) is 14.7. The Labute approximate surface area is 418 Å². The average Bonchev–Trinajstić information content (AvgIpc) is 4.07. The van der Waals surface area contributed by atoms with Gasteiger partial charge in [0.2, 0.25) is 11.8 Å². The Morgan fingerprint density at radius 1 is 0.845 bits per heavy atom. The lowest BCUT2D eigenvalue weighted by Crippen LogP contribution is -2.53. The molecule has 2 N–H and O–H groups in total. The number of imidazole rings is 1. The fourth-order valence-electron chi connectivity index (χ4n) is 11.8. The van der Waals surface area contributed by atoms with Gasteiger partial charge in [-0.15, -0.1) is 0 Å². The summed E-state index contributed by atoms with van der Waals surface area (Å²) in [4.78, 5) is 61.0. The monoisotopic (exact) mass is 982 g/mol. The predicted octanol–water partition coefficient (Wildman–Crippen LogP) is 11.9. The van der Waals surface area contributed by atoms with E-state index in [1.165, 1.54) is 7.11 Å². The number of carbonyl (C=O) groups excluding carboxylic acids is 3. The van der Waals surface area contributed by atoms with E-state index in [1.807, 2.05) is 91.7 Å². The van der Waals surface area contributed by atoms with Crippen molar-refractivity contribution in [2.24, 2.45) is 16.3 Å². The number of alkyl halides is 2. The van der Waals surface area contributed by atoms with Gasteiger partial charge in [0.25, 0.3) is 5.92 Å². The van der Waals surface area contributed by atoms with Crippen molar-refractivity contribution in [2.75, 3.05) is 32.9 Å². The number of carbonyl (C=O) groups is 3. The molecule has 0 saturated carbocycles. The molecule has 0 radical (unpaired) electrons. The first-order valence-corrected chi connectivity index (χ1v) is 29.0. The molecule has 11 nitrogen and oxygen atoms in total. The van der Waals surface area contributed by atoms with Crippen LogP contribution in [0.3, 0.4) is 0 Å². The lowest BCUT2D eigenvalue weighted by Gasteiger charge is -2.42. The van der Waals surface area contributed by atoms with Crippen LogP contribution in [0.2, 0.25) is 19.1 Å². The average molecular weight is 982 g/mol. The standard InChI is InChI=1S/C57H69F2N7O4Si/c1-10-64(11-2)50(36-19-15-14-16-20-36)54(68)65-28-18-13-12-17-21-47(65)51-56(5,6)44(32-60-51)39-23-26-41-40-25-22-37(29-42(40)57(58,59)43(41)30-39)38-24-27-45-46(31-38)62-52(61-45)48-33-71(8,9)34-66(48)53(67)49(35(3)4)63-55(69)70-7/h14-16,19-20,22-27,29-32,35,47-50H,10-13,17-18,21,28,33-34H2,1-9H3,(H,61,62)(H,63,69)/t47-,48-,49-,50+/m0/s1. The molecule has 3 aliphatic heterocycles. The number of hydrogen-bond donors (Lipinski definition) is 2. The van der Waals surface area contributed by atoms with Crippen LogP contribution in [-0.2, 0) is 20.2 Å². The highest BCUT2D eigenvalue weighted by molar-refractivity contribution is 6.78. The number of amides is 3. The Kier molecular flexibility index (Phi) is 13.8. The van der Waals surface area contributed by atoms with Crippen LogP contribution in [0, 0.1) is 11.3 Å². The number of nitrogens with one attached hydrogen (secondary N) is 2. The van der Waals surface area contributed by atoms with Gasteiger partial charge in [0, 0.05) is 35.5 Å². The van der Waals surface area contributed by atoms with Gasteiger partial charge in [0.1, 0.15) is 17.9 Å². The lowest BCUT2D eigenvalue weighted by atomic mass is 9.74. The lowest BCUT2D eigenvalue weighted by molar-refractivity contribution is -0.139. The van der Waals surface area contributed by atoms with E-state index < -0.39 is 37.6 Å². The number of halogens is 2. The van der Waals surface area contributed by atoms with Crippen molar-refractivity contribution in [3.8, 4) is 22.3 Å². The molecule has 4 aliphatic rings. The van der Waals surface area contributed by atoms with Crippen LogP contribution in [0.15, 0.2) is 96.1 Å². The van der Waals surface area contributed by atoms with Crippen LogP contribution in [0.5, 0.6) is 0 Å². The van der Waals surface area contributed by atoms with Crippen LogP contribution in [0.25, 0.3) is 38.9 Å². The minimum absolute atomic E-state index is 0.0303. The molecular weight excluding hydrogens is 913 g/mol. The first-order chi connectivity index (χ1) is 33.9. The van der Waals surface area contributed by atoms with Crippen molar-refractivity contribution in [2.45, 2.75) is 123 Å². The number of allylic oxidation sites excluding steroid dienone is 1. The van der Waals surface area contributed by atoms with E-state index in [0.29, 0.717) is 46.3 Å². The van der Waals surface area contributed by atoms with Crippen LogP contribution in [0.4, 0.5) is 13.6 Å². The number of rotatable bonds is 12.